The molecule has 1 aromatic rings. The predicted octanol–water partition coefficient (Wildman–Crippen LogP) is 2.61. The van der Waals surface area contributed by atoms with Crippen LogP contribution in [0.2, 0.25) is 0 Å². The highest BCUT2D eigenvalue weighted by molar-refractivity contribution is 5.94. The zero-order valence-electron chi connectivity index (χ0n) is 12.6. The molecule has 0 saturated carbocycles. The van der Waals surface area contributed by atoms with Crippen LogP contribution in [0, 0.1) is 5.92 Å². The Hall–Kier alpha value is -1.55. The van der Waals surface area contributed by atoms with Crippen LogP contribution < -0.4 is 10.1 Å². The Morgan fingerprint density at radius 1 is 1.30 bits per heavy atom. The van der Waals surface area contributed by atoms with Crippen LogP contribution in [0.25, 0.3) is 0 Å². The van der Waals surface area contributed by atoms with Crippen molar-refractivity contribution in [3.05, 3.63) is 29.8 Å². The third-order valence-corrected chi connectivity index (χ3v) is 3.01. The minimum Gasteiger partial charge on any atom is -0.493 e. The maximum atomic E-state index is 12.0. The highest BCUT2D eigenvalue weighted by Gasteiger charge is 2.11. The van der Waals surface area contributed by atoms with Gasteiger partial charge in [0.2, 0.25) is 0 Å². The van der Waals surface area contributed by atoms with Gasteiger partial charge in [0.1, 0.15) is 5.75 Å². The third kappa shape index (κ3) is 5.61. The number of carbonyl (C=O) groups excluding carboxylic acids is 1. The number of rotatable bonds is 8. The van der Waals surface area contributed by atoms with Gasteiger partial charge in [-0.2, -0.15) is 0 Å². The van der Waals surface area contributed by atoms with Crippen molar-refractivity contribution >= 4 is 5.91 Å². The summed E-state index contributed by atoms with van der Waals surface area (Å²) in [6.07, 6.45) is 1.39. The van der Waals surface area contributed by atoms with Crippen LogP contribution in [0.15, 0.2) is 24.3 Å². The Bertz CT molecular complexity index is 401. The molecule has 0 aliphatic rings. The van der Waals surface area contributed by atoms with E-state index in [0.717, 1.165) is 12.2 Å². The molecule has 0 spiro atoms. The molecule has 0 saturated heterocycles. The number of nitrogens with one attached hydrogen (secondary N) is 1. The Morgan fingerprint density at radius 2 is 1.95 bits per heavy atom. The molecule has 2 N–H and O–H groups in total. The molecule has 1 rings (SSSR count). The molecule has 4 nitrogen and oxygen atoms in total. The number of ether oxygens (including phenoxy) is 1. The van der Waals surface area contributed by atoms with E-state index in [1.807, 2.05) is 19.1 Å². The molecule has 0 heterocycles. The van der Waals surface area contributed by atoms with Crippen LogP contribution in [0.3, 0.4) is 0 Å². The van der Waals surface area contributed by atoms with Gasteiger partial charge in [-0.15, -0.1) is 0 Å². The van der Waals surface area contributed by atoms with Crippen molar-refractivity contribution in [1.29, 1.82) is 0 Å². The molecule has 1 atom stereocenters. The summed E-state index contributed by atoms with van der Waals surface area (Å²) in [6, 6.07) is 7.16. The van der Waals surface area contributed by atoms with E-state index in [1.165, 1.54) is 0 Å². The van der Waals surface area contributed by atoms with Gasteiger partial charge in [-0.1, -0.05) is 20.8 Å². The van der Waals surface area contributed by atoms with Crippen molar-refractivity contribution < 1.29 is 14.6 Å². The van der Waals surface area contributed by atoms with Crippen LogP contribution in [-0.4, -0.2) is 30.3 Å². The topological polar surface area (TPSA) is 58.6 Å². The molecular weight excluding hydrogens is 254 g/mol. The molecule has 0 fully saturated rings. The number of carbonyl (C=O) groups is 1. The monoisotopic (exact) mass is 279 g/mol. The molecule has 0 aliphatic heterocycles. The van der Waals surface area contributed by atoms with Crippen LogP contribution in [0.1, 0.15) is 44.0 Å². The van der Waals surface area contributed by atoms with Gasteiger partial charge in [0.05, 0.1) is 6.61 Å². The van der Waals surface area contributed by atoms with Crippen LogP contribution in [0.4, 0.5) is 0 Å². The first-order chi connectivity index (χ1) is 9.56. The lowest BCUT2D eigenvalue weighted by Gasteiger charge is -2.16. The summed E-state index contributed by atoms with van der Waals surface area (Å²) in [5.41, 5.74) is 0.610. The van der Waals surface area contributed by atoms with Crippen molar-refractivity contribution in [2.24, 2.45) is 5.92 Å². The summed E-state index contributed by atoms with van der Waals surface area (Å²) in [5.74, 6) is 1.14. The lowest BCUT2D eigenvalue weighted by molar-refractivity contribution is 0.0929. The van der Waals surface area contributed by atoms with E-state index in [4.69, 9.17) is 9.84 Å². The minimum absolute atomic E-state index is 0.0179. The number of amides is 1. The smallest absolute Gasteiger partial charge is 0.251 e. The number of hydrogen-bond donors (Lipinski definition) is 2. The van der Waals surface area contributed by atoms with Crippen LogP contribution in [-0.2, 0) is 0 Å². The first-order valence-electron chi connectivity index (χ1n) is 7.21. The van der Waals surface area contributed by atoms with E-state index in [-0.39, 0.29) is 18.6 Å². The summed E-state index contributed by atoms with van der Waals surface area (Å²) >= 11 is 0. The van der Waals surface area contributed by atoms with Crippen LogP contribution in [0.5, 0.6) is 5.75 Å². The van der Waals surface area contributed by atoms with E-state index >= 15 is 0 Å². The Kier molecular flexibility index (Phi) is 7.09. The molecule has 0 aromatic heterocycles. The average Bonchev–Trinajstić information content (AvgIpc) is 2.45. The first-order valence-corrected chi connectivity index (χ1v) is 7.21. The van der Waals surface area contributed by atoms with Crippen LogP contribution >= 0.6 is 0 Å². The van der Waals surface area contributed by atoms with Gasteiger partial charge >= 0.3 is 0 Å². The van der Waals surface area contributed by atoms with E-state index in [2.05, 4.69) is 19.2 Å². The van der Waals surface area contributed by atoms with Crippen molar-refractivity contribution in [3.63, 3.8) is 0 Å². The third-order valence-electron chi connectivity index (χ3n) is 3.01. The zero-order valence-corrected chi connectivity index (χ0v) is 12.6. The standard InChI is InChI=1S/C16H25NO3/c1-4-14(9-10-18)17-16(19)13-5-7-15(8-6-13)20-11-12(2)3/h5-8,12,14,18H,4,9-11H2,1-3H3,(H,17,19). The fraction of sp³-hybridized carbons (Fsp3) is 0.562. The van der Waals surface area contributed by atoms with E-state index in [0.29, 0.717) is 24.5 Å². The van der Waals surface area contributed by atoms with Gasteiger partial charge in [0, 0.05) is 18.2 Å². The van der Waals surface area contributed by atoms with Gasteiger partial charge in [-0.3, -0.25) is 4.79 Å². The molecule has 0 aliphatic carbocycles. The molecule has 1 aromatic carbocycles. The van der Waals surface area contributed by atoms with Crippen molar-refractivity contribution in [1.82, 2.24) is 5.32 Å². The highest BCUT2D eigenvalue weighted by atomic mass is 16.5. The highest BCUT2D eigenvalue weighted by Crippen LogP contribution is 2.13. The second-order valence-electron chi connectivity index (χ2n) is 5.32. The lowest BCUT2D eigenvalue weighted by Crippen LogP contribution is -2.35. The number of hydrogen-bond acceptors (Lipinski definition) is 3. The Labute approximate surface area is 121 Å². The molecule has 4 heteroatoms. The van der Waals surface area contributed by atoms with Gasteiger partial charge in [0.25, 0.3) is 5.91 Å². The SMILES string of the molecule is CCC(CCO)NC(=O)c1ccc(OCC(C)C)cc1. The van der Waals surface area contributed by atoms with E-state index in [1.54, 1.807) is 12.1 Å². The van der Waals surface area contributed by atoms with Gasteiger partial charge < -0.3 is 15.2 Å². The normalized spacial score (nSPS) is 12.2. The van der Waals surface area contributed by atoms with Crippen molar-refractivity contribution in [3.8, 4) is 5.75 Å². The largest absolute Gasteiger partial charge is 0.493 e. The summed E-state index contributed by atoms with van der Waals surface area (Å²) in [5, 5.41) is 11.8. The molecule has 20 heavy (non-hydrogen) atoms. The molecule has 1 unspecified atom stereocenters. The summed E-state index contributed by atoms with van der Waals surface area (Å²) in [7, 11) is 0. The molecule has 0 radical (unpaired) electrons. The Balaban J connectivity index is 2.56. The van der Waals surface area contributed by atoms with Crippen molar-refractivity contribution in [2.75, 3.05) is 13.2 Å². The van der Waals surface area contributed by atoms with Gasteiger partial charge in [-0.25, -0.2) is 0 Å². The number of aliphatic hydroxyl groups excluding tert-OH is 1. The predicted molar refractivity (Wildman–Crippen MR) is 80.0 cm³/mol. The fourth-order valence-electron chi connectivity index (χ4n) is 1.77. The number of aliphatic hydroxyl groups is 1. The van der Waals surface area contributed by atoms with E-state index < -0.39 is 0 Å². The average molecular weight is 279 g/mol. The first kappa shape index (κ1) is 16.5. The maximum absolute atomic E-state index is 12.0. The quantitative estimate of drug-likeness (QED) is 0.769. The zero-order chi connectivity index (χ0) is 15.0. The summed E-state index contributed by atoms with van der Waals surface area (Å²) in [6.45, 7) is 6.92. The molecule has 1 amide bonds. The summed E-state index contributed by atoms with van der Waals surface area (Å²) in [4.78, 5) is 12.0. The number of benzene rings is 1. The maximum Gasteiger partial charge on any atom is 0.251 e. The summed E-state index contributed by atoms with van der Waals surface area (Å²) < 4.78 is 5.58. The van der Waals surface area contributed by atoms with Gasteiger partial charge in [0.15, 0.2) is 0 Å². The minimum atomic E-state index is -0.110. The van der Waals surface area contributed by atoms with E-state index in [9.17, 15) is 4.79 Å². The molecule has 0 bridgehead atoms. The Morgan fingerprint density at radius 3 is 2.45 bits per heavy atom. The molecular formula is C16H25NO3. The second kappa shape index (κ2) is 8.59. The van der Waals surface area contributed by atoms with Gasteiger partial charge in [-0.05, 0) is 43.0 Å². The lowest BCUT2D eigenvalue weighted by atomic mass is 10.1. The fourth-order valence-corrected chi connectivity index (χ4v) is 1.77. The molecule has 112 valence electrons. The second-order valence-corrected chi connectivity index (χ2v) is 5.32. The van der Waals surface area contributed by atoms with Crippen molar-refractivity contribution in [2.45, 2.75) is 39.7 Å².